The van der Waals surface area contributed by atoms with Crippen LogP contribution in [0.4, 0.5) is 18.0 Å². The van der Waals surface area contributed by atoms with E-state index < -0.39 is 82.5 Å². The van der Waals surface area contributed by atoms with Gasteiger partial charge in [0.2, 0.25) is 12.5 Å². The summed E-state index contributed by atoms with van der Waals surface area (Å²) in [6.07, 6.45) is -1.13. The Hall–Kier alpha value is -2.36. The Morgan fingerprint density at radius 2 is 1.87 bits per heavy atom. The van der Waals surface area contributed by atoms with E-state index in [1.54, 1.807) is 34.6 Å². The van der Waals surface area contributed by atoms with E-state index in [1.807, 2.05) is 0 Å². The first-order valence-corrected chi connectivity index (χ1v) is 13.2. The van der Waals surface area contributed by atoms with Crippen molar-refractivity contribution in [2.24, 2.45) is 28.6 Å². The summed E-state index contributed by atoms with van der Waals surface area (Å²) < 4.78 is 62.3. The molecule has 0 saturated heterocycles. The van der Waals surface area contributed by atoms with Crippen LogP contribution < -0.4 is 0 Å². The molecule has 38 heavy (non-hydrogen) atoms. The third-order valence-corrected chi connectivity index (χ3v) is 10.1. The summed E-state index contributed by atoms with van der Waals surface area (Å²) in [5, 5.41) is 11.5. The maximum absolute atomic E-state index is 17.4. The van der Waals surface area contributed by atoms with Crippen molar-refractivity contribution in [3.05, 3.63) is 23.8 Å². The smallest absolute Gasteiger partial charge is 0.431 e. The molecule has 0 aromatic heterocycles. The number of carbonyl (C=O) groups excluding carboxylic acids is 3. The summed E-state index contributed by atoms with van der Waals surface area (Å²) in [4.78, 5) is 38.5. The molecule has 7 nitrogen and oxygen atoms in total. The zero-order valence-corrected chi connectivity index (χ0v) is 22.7. The second-order valence-corrected chi connectivity index (χ2v) is 12.3. The van der Waals surface area contributed by atoms with Gasteiger partial charge < -0.3 is 19.3 Å². The van der Waals surface area contributed by atoms with Crippen molar-refractivity contribution in [2.75, 3.05) is 6.86 Å². The summed E-state index contributed by atoms with van der Waals surface area (Å²) in [5.41, 5.74) is -8.51. The molecule has 0 heterocycles. The molecule has 4 rings (SSSR count). The lowest BCUT2D eigenvalue weighted by Crippen LogP contribution is -2.71. The van der Waals surface area contributed by atoms with Crippen LogP contribution in [-0.2, 0) is 23.8 Å². The quantitative estimate of drug-likeness (QED) is 0.483. The second-order valence-electron chi connectivity index (χ2n) is 12.3. The molecule has 0 bridgehead atoms. The van der Waals surface area contributed by atoms with Crippen LogP contribution in [0.5, 0.6) is 0 Å². The van der Waals surface area contributed by atoms with Gasteiger partial charge in [0.1, 0.15) is 11.8 Å². The molecular weight excluding hydrogens is 505 g/mol. The van der Waals surface area contributed by atoms with Gasteiger partial charge >= 0.3 is 12.1 Å². The maximum Gasteiger partial charge on any atom is 0.509 e. The summed E-state index contributed by atoms with van der Waals surface area (Å²) >= 11 is 0. The Balaban J connectivity index is 1.83. The van der Waals surface area contributed by atoms with Crippen molar-refractivity contribution in [3.63, 3.8) is 0 Å². The first kappa shape index (κ1) is 28.6. The van der Waals surface area contributed by atoms with Crippen molar-refractivity contribution in [2.45, 2.75) is 96.4 Å². The summed E-state index contributed by atoms with van der Waals surface area (Å²) in [5.74, 6) is -4.28. The van der Waals surface area contributed by atoms with Gasteiger partial charge in [0.25, 0.3) is 0 Å². The molecule has 0 unspecified atom stereocenters. The van der Waals surface area contributed by atoms with Crippen LogP contribution >= 0.6 is 0 Å². The number of alkyl halides is 3. The highest BCUT2D eigenvalue weighted by molar-refractivity contribution is 6.01. The molecule has 212 valence electrons. The van der Waals surface area contributed by atoms with Gasteiger partial charge in [0, 0.05) is 22.7 Å². The monoisotopic (exact) mass is 542 g/mol. The van der Waals surface area contributed by atoms with E-state index in [-0.39, 0.29) is 24.8 Å². The van der Waals surface area contributed by atoms with Gasteiger partial charge in [0.05, 0.1) is 6.10 Å². The van der Waals surface area contributed by atoms with Crippen LogP contribution in [0.25, 0.3) is 0 Å². The number of ketones is 1. The van der Waals surface area contributed by atoms with Crippen molar-refractivity contribution >= 4 is 17.9 Å². The molecular formula is C28H37F3O7. The summed E-state index contributed by atoms with van der Waals surface area (Å²) in [7, 11) is 0. The number of carbonyl (C=O) groups is 3. The minimum atomic E-state index is -2.38. The predicted molar refractivity (Wildman–Crippen MR) is 130 cm³/mol. The van der Waals surface area contributed by atoms with E-state index in [2.05, 4.69) is 0 Å². The predicted octanol–water partition coefficient (Wildman–Crippen LogP) is 5.10. The van der Waals surface area contributed by atoms with Crippen LogP contribution in [0.15, 0.2) is 23.8 Å². The molecule has 0 aromatic carbocycles. The highest BCUT2D eigenvalue weighted by atomic mass is 19.1. The number of hydrogen-bond donors (Lipinski definition) is 1. The average molecular weight is 543 g/mol. The van der Waals surface area contributed by atoms with Gasteiger partial charge in [-0.3, -0.25) is 4.79 Å². The average Bonchev–Trinajstić information content (AvgIpc) is 3.04. The van der Waals surface area contributed by atoms with E-state index in [0.29, 0.717) is 6.42 Å². The normalized spacial score (nSPS) is 43.9. The summed E-state index contributed by atoms with van der Waals surface area (Å²) in [6.45, 7) is 8.27. The van der Waals surface area contributed by atoms with E-state index in [0.717, 1.165) is 6.08 Å². The highest BCUT2D eigenvalue weighted by Crippen LogP contribution is 2.71. The number of halogens is 3. The molecule has 4 aliphatic rings. The van der Waals surface area contributed by atoms with E-state index in [1.165, 1.54) is 19.1 Å². The molecule has 0 spiro atoms. The Morgan fingerprint density at radius 3 is 2.47 bits per heavy atom. The van der Waals surface area contributed by atoms with Gasteiger partial charge in [-0.25, -0.2) is 22.8 Å². The zero-order valence-electron chi connectivity index (χ0n) is 22.7. The fourth-order valence-electron chi connectivity index (χ4n) is 7.82. The van der Waals surface area contributed by atoms with Gasteiger partial charge in [-0.05, 0) is 70.1 Å². The lowest BCUT2D eigenvalue weighted by Gasteiger charge is -2.62. The Labute approximate surface area is 220 Å². The first-order chi connectivity index (χ1) is 17.5. The number of rotatable bonds is 5. The van der Waals surface area contributed by atoms with Gasteiger partial charge in [-0.15, -0.1) is 0 Å². The van der Waals surface area contributed by atoms with Gasteiger partial charge in [-0.2, -0.15) is 0 Å². The fourth-order valence-corrected chi connectivity index (χ4v) is 7.82. The van der Waals surface area contributed by atoms with Crippen LogP contribution in [0.1, 0.15) is 67.2 Å². The number of ether oxygens (including phenoxy) is 3. The maximum atomic E-state index is 17.4. The Kier molecular flexibility index (Phi) is 6.86. The fraction of sp³-hybridized carbons (Fsp3) is 0.750. The standard InChI is InChI=1S/C28H37F3O7/c1-7-24(3,4)37-23(35)38-28(22(34)36-14-29)15(2)10-17-18-12-20(30)19-11-16(32)8-9-25(19,5)27(18,31)21(33)13-26(17,28)6/h8-9,11,15,17-18,20-21,33H,7,10,12-14H2,1-6H3/t15-,17+,18+,20+,21+,25+,26+,27+,28+/m1/s1. The number of fused-ring (bicyclic) bond motifs is 5. The second kappa shape index (κ2) is 9.10. The largest absolute Gasteiger partial charge is 0.509 e. The zero-order chi connectivity index (χ0) is 28.5. The Bertz CT molecular complexity index is 1090. The molecule has 1 N–H and O–H groups in total. The molecule has 3 fully saturated rings. The molecule has 3 saturated carbocycles. The van der Waals surface area contributed by atoms with Crippen LogP contribution in [0.2, 0.25) is 0 Å². The Morgan fingerprint density at radius 1 is 1.21 bits per heavy atom. The van der Waals surface area contributed by atoms with E-state index >= 15 is 8.78 Å². The minimum absolute atomic E-state index is 0.0258. The SMILES string of the molecule is CCC(C)(C)OC(=O)O[C@]1(C(=O)OCF)[C@H](C)C[C@H]2[C@@H]3C[C@H](F)C4=CC(=O)C=C[C@]4(C)[C@@]3(F)[C@@H](O)C[C@@]21C. The van der Waals surface area contributed by atoms with Crippen molar-refractivity contribution in [3.8, 4) is 0 Å². The van der Waals surface area contributed by atoms with Gasteiger partial charge in [0.15, 0.2) is 11.5 Å². The molecule has 9 atom stereocenters. The van der Waals surface area contributed by atoms with Crippen molar-refractivity contribution in [1.29, 1.82) is 0 Å². The van der Waals surface area contributed by atoms with Gasteiger partial charge in [-0.1, -0.05) is 26.8 Å². The van der Waals surface area contributed by atoms with Crippen LogP contribution in [-0.4, -0.2) is 59.0 Å². The van der Waals surface area contributed by atoms with Crippen molar-refractivity contribution < 1.29 is 46.9 Å². The molecule has 4 aliphatic carbocycles. The molecule has 10 heteroatoms. The number of esters is 1. The molecule has 0 amide bonds. The lowest BCUT2D eigenvalue weighted by atomic mass is 9.44. The number of allylic oxidation sites excluding steroid dienone is 4. The number of aliphatic hydroxyl groups is 1. The first-order valence-electron chi connectivity index (χ1n) is 13.2. The van der Waals surface area contributed by atoms with E-state index in [4.69, 9.17) is 14.2 Å². The molecule has 0 radical (unpaired) electrons. The number of hydrogen-bond acceptors (Lipinski definition) is 7. The van der Waals surface area contributed by atoms with Crippen LogP contribution in [0, 0.1) is 28.6 Å². The van der Waals surface area contributed by atoms with Crippen LogP contribution in [0.3, 0.4) is 0 Å². The summed E-state index contributed by atoms with van der Waals surface area (Å²) in [6, 6.07) is 0. The molecule has 0 aliphatic heterocycles. The highest BCUT2D eigenvalue weighted by Gasteiger charge is 2.79. The third kappa shape index (κ3) is 3.68. The molecule has 0 aromatic rings. The van der Waals surface area contributed by atoms with E-state index in [9.17, 15) is 23.9 Å². The minimum Gasteiger partial charge on any atom is -0.431 e. The number of aliphatic hydroxyl groups excluding tert-OH is 1. The topological polar surface area (TPSA) is 99.1 Å². The lowest BCUT2D eigenvalue weighted by molar-refractivity contribution is -0.236. The van der Waals surface area contributed by atoms with Crippen molar-refractivity contribution in [1.82, 2.24) is 0 Å². The third-order valence-electron chi connectivity index (χ3n) is 10.1.